The molecule has 0 radical (unpaired) electrons. The molecule has 34 heavy (non-hydrogen) atoms. The molecule has 7 nitrogen and oxygen atoms in total. The number of fused-ring (bicyclic) bond motifs is 2. The van der Waals surface area contributed by atoms with Crippen LogP contribution < -0.4 is 0 Å². The minimum atomic E-state index is -0.879. The first-order valence-corrected chi connectivity index (χ1v) is 11.0. The van der Waals surface area contributed by atoms with Gasteiger partial charge in [0, 0.05) is 33.4 Å². The number of carbonyl (C=O) groups excluding carboxylic acids is 5. The highest BCUT2D eigenvalue weighted by atomic mass is 16.2. The Balaban J connectivity index is 2.12. The summed E-state index contributed by atoms with van der Waals surface area (Å²) in [4.78, 5) is 69.3. The van der Waals surface area contributed by atoms with Crippen molar-refractivity contribution in [3.05, 3.63) is 69.8 Å². The standard InChI is InChI=1S/C27H30N2O5/c1-26(2,28(5)6)24(33)15-9-11-17-19(13-15)22(31)23(32)20-14-16(10-12-18(20)21(17)30)25(34)27(3,4)29(7)8/h9-14H,1-8H3. The molecule has 7 heteroatoms. The van der Waals surface area contributed by atoms with E-state index in [1.165, 1.54) is 36.4 Å². The number of benzene rings is 2. The zero-order valence-corrected chi connectivity index (χ0v) is 20.9. The first kappa shape index (κ1) is 25.3. The van der Waals surface area contributed by atoms with E-state index in [2.05, 4.69) is 0 Å². The van der Waals surface area contributed by atoms with Gasteiger partial charge < -0.3 is 0 Å². The van der Waals surface area contributed by atoms with E-state index in [0.29, 0.717) is 0 Å². The van der Waals surface area contributed by atoms with Crippen molar-refractivity contribution in [2.24, 2.45) is 0 Å². The fourth-order valence-corrected chi connectivity index (χ4v) is 3.65. The molecule has 0 unspecified atom stereocenters. The maximum absolute atomic E-state index is 13.3. The summed E-state index contributed by atoms with van der Waals surface area (Å²) < 4.78 is 0. The normalized spacial score (nSPS) is 14.2. The number of hydrogen-bond acceptors (Lipinski definition) is 7. The summed E-state index contributed by atoms with van der Waals surface area (Å²) in [5.41, 5.74) is -1.32. The average molecular weight is 463 g/mol. The van der Waals surface area contributed by atoms with E-state index in [9.17, 15) is 24.0 Å². The molecule has 1 aliphatic carbocycles. The molecule has 0 amide bonds. The molecule has 0 fully saturated rings. The molecule has 0 heterocycles. The van der Waals surface area contributed by atoms with Gasteiger partial charge in [0.05, 0.1) is 11.1 Å². The van der Waals surface area contributed by atoms with Crippen molar-refractivity contribution in [1.29, 1.82) is 0 Å². The molecular formula is C27H30N2O5. The molecule has 0 N–H and O–H groups in total. The van der Waals surface area contributed by atoms with Crippen molar-refractivity contribution in [3.63, 3.8) is 0 Å². The quantitative estimate of drug-likeness (QED) is 0.480. The van der Waals surface area contributed by atoms with E-state index in [0.717, 1.165) is 0 Å². The first-order chi connectivity index (χ1) is 15.6. The third-order valence-electron chi connectivity index (χ3n) is 7.10. The van der Waals surface area contributed by atoms with Crippen molar-refractivity contribution in [3.8, 4) is 0 Å². The summed E-state index contributed by atoms with van der Waals surface area (Å²) in [5, 5.41) is 0. The van der Waals surface area contributed by atoms with E-state index in [4.69, 9.17) is 0 Å². The van der Waals surface area contributed by atoms with Gasteiger partial charge in [0.25, 0.3) is 0 Å². The van der Waals surface area contributed by atoms with Crippen molar-refractivity contribution >= 4 is 28.9 Å². The lowest BCUT2D eigenvalue weighted by Gasteiger charge is -2.31. The molecule has 0 aliphatic heterocycles. The molecule has 3 rings (SSSR count). The predicted molar refractivity (Wildman–Crippen MR) is 129 cm³/mol. The number of hydrogen-bond donors (Lipinski definition) is 0. The number of ketones is 5. The Kier molecular flexibility index (Phi) is 6.33. The summed E-state index contributed by atoms with van der Waals surface area (Å²) in [6, 6.07) is 8.51. The Morgan fingerprint density at radius 2 is 0.882 bits per heavy atom. The van der Waals surface area contributed by atoms with Gasteiger partial charge in [-0.2, -0.15) is 0 Å². The summed E-state index contributed by atoms with van der Waals surface area (Å²) in [6.45, 7) is 7.01. The van der Waals surface area contributed by atoms with Crippen LogP contribution in [0.4, 0.5) is 0 Å². The number of rotatable bonds is 6. The van der Waals surface area contributed by atoms with E-state index in [1.54, 1.807) is 65.7 Å². The number of Topliss-reactive ketones (excluding diaryl/α,β-unsaturated/α-hetero) is 4. The summed E-state index contributed by atoms with van der Waals surface area (Å²) in [7, 11) is 7.08. The Morgan fingerprint density at radius 1 is 0.559 bits per heavy atom. The molecule has 2 aromatic carbocycles. The molecular weight excluding hydrogens is 432 g/mol. The average Bonchev–Trinajstić information content (AvgIpc) is 2.87. The largest absolute Gasteiger partial charge is 0.297 e. The summed E-state index contributed by atoms with van der Waals surface area (Å²) >= 11 is 0. The van der Waals surface area contributed by atoms with Gasteiger partial charge in [-0.1, -0.05) is 12.1 Å². The SMILES string of the molecule is CN(C)C(C)(C)C(=O)c1ccc2c(c1)C(=O)C(=O)c1cc(C(=O)C(C)(C)N(C)C)ccc1C2=O. The fraction of sp³-hybridized carbons (Fsp3) is 0.370. The molecule has 0 aromatic heterocycles. The first-order valence-electron chi connectivity index (χ1n) is 11.0. The highest BCUT2D eigenvalue weighted by Crippen LogP contribution is 2.29. The molecule has 0 atom stereocenters. The van der Waals surface area contributed by atoms with Crippen LogP contribution in [0.5, 0.6) is 0 Å². The van der Waals surface area contributed by atoms with Crippen molar-refractivity contribution in [2.45, 2.75) is 38.8 Å². The molecule has 178 valence electrons. The summed E-state index contributed by atoms with van der Waals surface area (Å²) in [6.07, 6.45) is 0. The maximum atomic E-state index is 13.3. The van der Waals surface area contributed by atoms with Crippen LogP contribution >= 0.6 is 0 Å². The van der Waals surface area contributed by atoms with Gasteiger partial charge in [-0.05, 0) is 80.2 Å². The van der Waals surface area contributed by atoms with Crippen LogP contribution in [0.15, 0.2) is 36.4 Å². The molecule has 1 aliphatic rings. The van der Waals surface area contributed by atoms with E-state index in [1.807, 2.05) is 0 Å². The lowest BCUT2D eigenvalue weighted by Crippen LogP contribution is -2.45. The second kappa shape index (κ2) is 8.49. The third kappa shape index (κ3) is 3.95. The lowest BCUT2D eigenvalue weighted by atomic mass is 9.88. The Bertz CT molecular complexity index is 1160. The zero-order chi connectivity index (χ0) is 25.7. The monoisotopic (exact) mass is 462 g/mol. The van der Waals surface area contributed by atoms with Crippen LogP contribution in [0.25, 0.3) is 0 Å². The fourth-order valence-electron chi connectivity index (χ4n) is 3.65. The molecule has 0 bridgehead atoms. The highest BCUT2D eigenvalue weighted by molar-refractivity contribution is 6.53. The number of carbonyl (C=O) groups is 5. The molecule has 0 saturated heterocycles. The van der Waals surface area contributed by atoms with Gasteiger partial charge in [0.2, 0.25) is 11.6 Å². The minimum Gasteiger partial charge on any atom is -0.297 e. The zero-order valence-electron chi connectivity index (χ0n) is 20.9. The van der Waals surface area contributed by atoms with Crippen LogP contribution in [0, 0.1) is 0 Å². The molecule has 0 saturated carbocycles. The Morgan fingerprint density at radius 3 is 1.18 bits per heavy atom. The van der Waals surface area contributed by atoms with Crippen LogP contribution in [0.2, 0.25) is 0 Å². The second-order valence-corrected chi connectivity index (χ2v) is 10.1. The van der Waals surface area contributed by atoms with Crippen LogP contribution in [0.3, 0.4) is 0 Å². The Labute approximate surface area is 199 Å². The van der Waals surface area contributed by atoms with Crippen LogP contribution in [-0.4, -0.2) is 78.0 Å². The Hall–Kier alpha value is -3.29. The number of likely N-dealkylation sites (N-methyl/N-ethyl adjacent to an activating group) is 2. The highest BCUT2D eigenvalue weighted by Gasteiger charge is 2.37. The predicted octanol–water partition coefficient (Wildman–Crippen LogP) is 3.34. The van der Waals surface area contributed by atoms with Gasteiger partial charge in [-0.3, -0.25) is 33.8 Å². The van der Waals surface area contributed by atoms with E-state index < -0.39 is 28.4 Å². The van der Waals surface area contributed by atoms with Gasteiger partial charge >= 0.3 is 0 Å². The smallest absolute Gasteiger partial charge is 0.234 e. The van der Waals surface area contributed by atoms with Crippen molar-refractivity contribution in [2.75, 3.05) is 28.2 Å². The van der Waals surface area contributed by atoms with Gasteiger partial charge in [-0.15, -0.1) is 0 Å². The van der Waals surface area contributed by atoms with E-state index >= 15 is 0 Å². The van der Waals surface area contributed by atoms with Gasteiger partial charge in [-0.25, -0.2) is 0 Å². The third-order valence-corrected chi connectivity index (χ3v) is 7.10. The van der Waals surface area contributed by atoms with Gasteiger partial charge in [0.1, 0.15) is 0 Å². The van der Waals surface area contributed by atoms with E-state index in [-0.39, 0.29) is 44.9 Å². The lowest BCUT2D eigenvalue weighted by molar-refractivity contribution is 0.0749. The topological polar surface area (TPSA) is 91.8 Å². The molecule has 0 spiro atoms. The van der Waals surface area contributed by atoms with Crippen molar-refractivity contribution in [1.82, 2.24) is 9.80 Å². The second-order valence-electron chi connectivity index (χ2n) is 10.1. The van der Waals surface area contributed by atoms with Crippen LogP contribution in [0.1, 0.15) is 85.0 Å². The van der Waals surface area contributed by atoms with Gasteiger partial charge in [0.15, 0.2) is 17.3 Å². The summed E-state index contributed by atoms with van der Waals surface area (Å²) in [5.74, 6) is -2.74. The van der Waals surface area contributed by atoms with Crippen LogP contribution in [-0.2, 0) is 0 Å². The maximum Gasteiger partial charge on any atom is 0.234 e. The van der Waals surface area contributed by atoms with Crippen molar-refractivity contribution < 1.29 is 24.0 Å². The molecule has 2 aromatic rings. The number of nitrogens with zero attached hydrogens (tertiary/aromatic N) is 2. The minimum absolute atomic E-state index is 0.0593.